The summed E-state index contributed by atoms with van der Waals surface area (Å²) in [5.41, 5.74) is 3.91. The first-order valence-electron chi connectivity index (χ1n) is 4.86. The second kappa shape index (κ2) is 2.55. The maximum Gasteiger partial charge on any atom is 0.141 e. The standard InChI is InChI=1S/C11H10N2O/c1-6-4-7(5-12)13-11-9-3-2-8(14-9)10(6)11/h4,8-9H,2-3H2,1H3. The van der Waals surface area contributed by atoms with Crippen LogP contribution in [0.15, 0.2) is 6.07 Å². The smallest absolute Gasteiger partial charge is 0.141 e. The third-order valence-corrected chi connectivity index (χ3v) is 3.06. The predicted octanol–water partition coefficient (Wildman–Crippen LogP) is 2.17. The number of aromatic nitrogens is 1. The second-order valence-corrected chi connectivity index (χ2v) is 3.93. The van der Waals surface area contributed by atoms with Gasteiger partial charge in [-0.25, -0.2) is 4.98 Å². The molecule has 3 heterocycles. The molecule has 2 bridgehead atoms. The number of hydrogen-bond donors (Lipinski definition) is 0. The Hall–Kier alpha value is -1.40. The highest BCUT2D eigenvalue weighted by atomic mass is 16.5. The quantitative estimate of drug-likeness (QED) is 0.623. The number of pyridine rings is 1. The minimum atomic E-state index is 0.155. The highest BCUT2D eigenvalue weighted by Crippen LogP contribution is 2.50. The van der Waals surface area contributed by atoms with Crippen LogP contribution in [0.25, 0.3) is 0 Å². The topological polar surface area (TPSA) is 45.9 Å². The normalized spacial score (nSPS) is 27.4. The van der Waals surface area contributed by atoms with E-state index >= 15 is 0 Å². The molecule has 0 amide bonds. The van der Waals surface area contributed by atoms with E-state index in [1.807, 2.05) is 13.0 Å². The van der Waals surface area contributed by atoms with Gasteiger partial charge in [0.05, 0.1) is 11.8 Å². The van der Waals surface area contributed by atoms with Gasteiger partial charge in [-0.15, -0.1) is 0 Å². The summed E-state index contributed by atoms with van der Waals surface area (Å²) in [4.78, 5) is 4.33. The summed E-state index contributed by atoms with van der Waals surface area (Å²) in [6.07, 6.45) is 2.56. The first kappa shape index (κ1) is 7.95. The SMILES string of the molecule is Cc1cc(C#N)nc2c1C1CCC2O1. The van der Waals surface area contributed by atoms with Crippen molar-refractivity contribution in [1.82, 2.24) is 4.98 Å². The summed E-state index contributed by atoms with van der Waals surface area (Å²) < 4.78 is 5.75. The van der Waals surface area contributed by atoms with Crippen molar-refractivity contribution in [3.63, 3.8) is 0 Å². The first-order valence-corrected chi connectivity index (χ1v) is 4.86. The summed E-state index contributed by atoms with van der Waals surface area (Å²) in [5.74, 6) is 0. The first-order chi connectivity index (χ1) is 6.79. The summed E-state index contributed by atoms with van der Waals surface area (Å²) in [7, 11) is 0. The number of fused-ring (bicyclic) bond motifs is 5. The molecule has 0 saturated carbocycles. The van der Waals surface area contributed by atoms with Crippen molar-refractivity contribution in [2.24, 2.45) is 0 Å². The van der Waals surface area contributed by atoms with E-state index in [2.05, 4.69) is 11.1 Å². The molecule has 3 heteroatoms. The van der Waals surface area contributed by atoms with Crippen molar-refractivity contribution >= 4 is 0 Å². The van der Waals surface area contributed by atoms with Gasteiger partial charge in [0.25, 0.3) is 0 Å². The van der Waals surface area contributed by atoms with E-state index in [4.69, 9.17) is 10.00 Å². The van der Waals surface area contributed by atoms with Crippen LogP contribution >= 0.6 is 0 Å². The molecule has 3 rings (SSSR count). The Kier molecular flexibility index (Phi) is 1.45. The van der Waals surface area contributed by atoms with Crippen LogP contribution in [0.5, 0.6) is 0 Å². The number of ether oxygens (including phenoxy) is 1. The molecule has 2 unspecified atom stereocenters. The number of nitrogens with zero attached hydrogens (tertiary/aromatic N) is 2. The molecule has 0 aliphatic carbocycles. The maximum atomic E-state index is 8.81. The lowest BCUT2D eigenvalue weighted by Crippen LogP contribution is -2.04. The zero-order valence-corrected chi connectivity index (χ0v) is 7.95. The molecule has 14 heavy (non-hydrogen) atoms. The predicted molar refractivity (Wildman–Crippen MR) is 49.5 cm³/mol. The van der Waals surface area contributed by atoms with Crippen LogP contribution < -0.4 is 0 Å². The lowest BCUT2D eigenvalue weighted by atomic mass is 9.92. The Labute approximate surface area is 82.3 Å². The lowest BCUT2D eigenvalue weighted by Gasteiger charge is -2.12. The fourth-order valence-electron chi connectivity index (χ4n) is 2.48. The number of nitriles is 1. The zero-order valence-electron chi connectivity index (χ0n) is 7.95. The van der Waals surface area contributed by atoms with Crippen LogP contribution in [0.1, 0.15) is 47.6 Å². The fraction of sp³-hybridized carbons (Fsp3) is 0.455. The molecule has 2 atom stereocenters. The van der Waals surface area contributed by atoms with Crippen LogP contribution in [0.2, 0.25) is 0 Å². The number of aryl methyl sites for hydroxylation is 1. The van der Waals surface area contributed by atoms with E-state index < -0.39 is 0 Å². The average molecular weight is 186 g/mol. The Morgan fingerprint density at radius 1 is 1.50 bits per heavy atom. The van der Waals surface area contributed by atoms with Crippen LogP contribution in [-0.4, -0.2) is 4.98 Å². The number of rotatable bonds is 0. The van der Waals surface area contributed by atoms with Gasteiger partial charge in [0.15, 0.2) is 0 Å². The van der Waals surface area contributed by atoms with E-state index in [-0.39, 0.29) is 12.2 Å². The van der Waals surface area contributed by atoms with E-state index in [9.17, 15) is 0 Å². The molecule has 2 aliphatic heterocycles. The van der Waals surface area contributed by atoms with Crippen molar-refractivity contribution < 1.29 is 4.74 Å². The molecule has 70 valence electrons. The van der Waals surface area contributed by atoms with E-state index in [1.54, 1.807) is 0 Å². The Balaban J connectivity index is 2.24. The van der Waals surface area contributed by atoms with Gasteiger partial charge >= 0.3 is 0 Å². The van der Waals surface area contributed by atoms with Crippen LogP contribution in [0.3, 0.4) is 0 Å². The van der Waals surface area contributed by atoms with Gasteiger partial charge in [-0.2, -0.15) is 5.26 Å². The summed E-state index contributed by atoms with van der Waals surface area (Å²) in [5, 5.41) is 8.81. The third kappa shape index (κ3) is 0.865. The number of hydrogen-bond acceptors (Lipinski definition) is 3. The van der Waals surface area contributed by atoms with Crippen LogP contribution in [0.4, 0.5) is 0 Å². The van der Waals surface area contributed by atoms with E-state index in [1.165, 1.54) is 5.56 Å². The monoisotopic (exact) mass is 186 g/mol. The van der Waals surface area contributed by atoms with Gasteiger partial charge in [0.2, 0.25) is 0 Å². The third-order valence-electron chi connectivity index (χ3n) is 3.06. The molecule has 0 N–H and O–H groups in total. The molecule has 0 spiro atoms. The van der Waals surface area contributed by atoms with Gasteiger partial charge in [-0.05, 0) is 31.4 Å². The maximum absolute atomic E-state index is 8.81. The summed E-state index contributed by atoms with van der Waals surface area (Å²) in [6.45, 7) is 2.03. The average Bonchev–Trinajstić information content (AvgIpc) is 2.77. The van der Waals surface area contributed by atoms with E-state index in [0.717, 1.165) is 24.1 Å². The molecule has 1 saturated heterocycles. The van der Waals surface area contributed by atoms with Crippen molar-refractivity contribution in [3.05, 3.63) is 28.6 Å². The molecule has 1 fully saturated rings. The Bertz CT molecular complexity index is 447. The highest BCUT2D eigenvalue weighted by molar-refractivity contribution is 5.42. The fourth-order valence-corrected chi connectivity index (χ4v) is 2.48. The minimum Gasteiger partial charge on any atom is -0.364 e. The van der Waals surface area contributed by atoms with Crippen LogP contribution in [-0.2, 0) is 4.74 Å². The Morgan fingerprint density at radius 2 is 2.29 bits per heavy atom. The molecular weight excluding hydrogens is 176 g/mol. The van der Waals surface area contributed by atoms with Crippen molar-refractivity contribution in [2.45, 2.75) is 32.0 Å². The van der Waals surface area contributed by atoms with Gasteiger partial charge in [-0.3, -0.25) is 0 Å². The summed E-state index contributed by atoms with van der Waals surface area (Å²) in [6, 6.07) is 3.94. The Morgan fingerprint density at radius 3 is 3.07 bits per heavy atom. The van der Waals surface area contributed by atoms with Crippen molar-refractivity contribution in [1.29, 1.82) is 5.26 Å². The zero-order chi connectivity index (χ0) is 9.71. The molecule has 2 aliphatic rings. The van der Waals surface area contributed by atoms with Gasteiger partial charge < -0.3 is 4.74 Å². The van der Waals surface area contributed by atoms with Gasteiger partial charge in [0, 0.05) is 5.56 Å². The van der Waals surface area contributed by atoms with Crippen molar-refractivity contribution in [2.75, 3.05) is 0 Å². The molecule has 1 aromatic heterocycles. The minimum absolute atomic E-state index is 0.155. The molecule has 0 radical (unpaired) electrons. The van der Waals surface area contributed by atoms with Gasteiger partial charge in [-0.1, -0.05) is 0 Å². The van der Waals surface area contributed by atoms with Crippen LogP contribution in [0, 0.1) is 18.3 Å². The summed E-state index contributed by atoms with van der Waals surface area (Å²) >= 11 is 0. The highest BCUT2D eigenvalue weighted by Gasteiger charge is 2.40. The van der Waals surface area contributed by atoms with Crippen molar-refractivity contribution in [3.8, 4) is 6.07 Å². The lowest BCUT2D eigenvalue weighted by molar-refractivity contribution is 0.0701. The molecule has 3 nitrogen and oxygen atoms in total. The molecule has 0 aromatic carbocycles. The second-order valence-electron chi connectivity index (χ2n) is 3.93. The van der Waals surface area contributed by atoms with E-state index in [0.29, 0.717) is 5.69 Å². The largest absolute Gasteiger partial charge is 0.364 e. The molecular formula is C11H10N2O. The van der Waals surface area contributed by atoms with Gasteiger partial charge in [0.1, 0.15) is 17.9 Å². The molecule has 1 aromatic rings.